The van der Waals surface area contributed by atoms with Gasteiger partial charge in [-0.3, -0.25) is 0 Å². The Morgan fingerprint density at radius 1 is 1.12 bits per heavy atom. The van der Waals surface area contributed by atoms with E-state index < -0.39 is 0 Å². The van der Waals surface area contributed by atoms with Crippen molar-refractivity contribution in [3.8, 4) is 0 Å². The molecule has 0 aromatic carbocycles. The van der Waals surface area contributed by atoms with Crippen molar-refractivity contribution in [2.75, 3.05) is 11.5 Å². The highest BCUT2D eigenvalue weighted by Crippen LogP contribution is 2.38. The molecule has 2 unspecified atom stereocenters. The van der Waals surface area contributed by atoms with Crippen LogP contribution in [0.15, 0.2) is 11.1 Å². The highest BCUT2D eigenvalue weighted by molar-refractivity contribution is 7.99. The molecule has 0 spiro atoms. The topological polar surface area (TPSA) is 0 Å². The van der Waals surface area contributed by atoms with Crippen LogP contribution in [0.25, 0.3) is 0 Å². The van der Waals surface area contributed by atoms with Crippen molar-refractivity contribution in [1.29, 1.82) is 0 Å². The van der Waals surface area contributed by atoms with Crippen LogP contribution in [0.3, 0.4) is 0 Å². The summed E-state index contributed by atoms with van der Waals surface area (Å²) in [6.45, 7) is 4.86. The number of thioether (sulfide) groups is 1. The molecular formula is C15H26S. The van der Waals surface area contributed by atoms with Gasteiger partial charge >= 0.3 is 0 Å². The molecule has 1 heterocycles. The average molecular weight is 238 g/mol. The predicted octanol–water partition coefficient (Wildman–Crippen LogP) is 5.05. The molecule has 0 saturated carbocycles. The Morgan fingerprint density at radius 2 is 1.94 bits per heavy atom. The fourth-order valence-corrected chi connectivity index (χ4v) is 4.53. The molecule has 2 aliphatic rings. The fourth-order valence-electron chi connectivity index (χ4n) is 3.38. The van der Waals surface area contributed by atoms with Gasteiger partial charge in [0.1, 0.15) is 0 Å². The molecular weight excluding hydrogens is 212 g/mol. The Balaban J connectivity index is 2.23. The fraction of sp³-hybridized carbons (Fsp3) is 0.867. The second-order valence-electron chi connectivity index (χ2n) is 5.50. The van der Waals surface area contributed by atoms with E-state index in [1.165, 1.54) is 56.5 Å². The van der Waals surface area contributed by atoms with Gasteiger partial charge in [0.2, 0.25) is 0 Å². The van der Waals surface area contributed by atoms with Crippen LogP contribution in [0, 0.1) is 11.8 Å². The SMILES string of the molecule is CCC1CCCCCC(C)C2=C1CSCC2. The highest BCUT2D eigenvalue weighted by atomic mass is 32.2. The van der Waals surface area contributed by atoms with Crippen molar-refractivity contribution in [2.24, 2.45) is 11.8 Å². The first-order chi connectivity index (χ1) is 7.83. The van der Waals surface area contributed by atoms with Crippen LogP contribution in [0.2, 0.25) is 0 Å². The zero-order chi connectivity index (χ0) is 11.4. The molecule has 2 atom stereocenters. The molecule has 16 heavy (non-hydrogen) atoms. The predicted molar refractivity (Wildman–Crippen MR) is 75.0 cm³/mol. The minimum atomic E-state index is 0.878. The van der Waals surface area contributed by atoms with E-state index in [2.05, 4.69) is 25.6 Å². The Hall–Kier alpha value is 0.0900. The number of rotatable bonds is 1. The molecule has 1 heteroatoms. The molecule has 0 N–H and O–H groups in total. The van der Waals surface area contributed by atoms with Gasteiger partial charge < -0.3 is 0 Å². The third kappa shape index (κ3) is 2.85. The lowest BCUT2D eigenvalue weighted by molar-refractivity contribution is 0.501. The van der Waals surface area contributed by atoms with E-state index in [1.807, 2.05) is 11.1 Å². The van der Waals surface area contributed by atoms with Crippen LogP contribution in [0.5, 0.6) is 0 Å². The van der Waals surface area contributed by atoms with Crippen LogP contribution >= 0.6 is 11.8 Å². The second kappa shape index (κ2) is 6.14. The van der Waals surface area contributed by atoms with Crippen molar-refractivity contribution in [2.45, 2.75) is 58.8 Å². The van der Waals surface area contributed by atoms with Crippen LogP contribution in [-0.2, 0) is 0 Å². The minimum absolute atomic E-state index is 0.878. The summed E-state index contributed by atoms with van der Waals surface area (Å²) in [7, 11) is 0. The monoisotopic (exact) mass is 238 g/mol. The van der Waals surface area contributed by atoms with Crippen molar-refractivity contribution < 1.29 is 0 Å². The van der Waals surface area contributed by atoms with E-state index in [9.17, 15) is 0 Å². The molecule has 0 bridgehead atoms. The van der Waals surface area contributed by atoms with E-state index in [0.29, 0.717) is 0 Å². The van der Waals surface area contributed by atoms with Gasteiger partial charge in [-0.1, -0.05) is 44.3 Å². The Morgan fingerprint density at radius 3 is 2.75 bits per heavy atom. The summed E-state index contributed by atoms with van der Waals surface area (Å²) in [6.07, 6.45) is 10.1. The summed E-state index contributed by atoms with van der Waals surface area (Å²) in [4.78, 5) is 0. The van der Waals surface area contributed by atoms with Crippen molar-refractivity contribution in [1.82, 2.24) is 0 Å². The summed E-state index contributed by atoms with van der Waals surface area (Å²) in [5.74, 6) is 4.52. The maximum absolute atomic E-state index is 2.48. The van der Waals surface area contributed by atoms with E-state index in [4.69, 9.17) is 0 Å². The Kier molecular flexibility index (Phi) is 4.81. The molecule has 0 fully saturated rings. The van der Waals surface area contributed by atoms with Gasteiger partial charge in [-0.25, -0.2) is 0 Å². The summed E-state index contributed by atoms with van der Waals surface area (Å²) < 4.78 is 0. The first-order valence-electron chi connectivity index (χ1n) is 7.12. The molecule has 92 valence electrons. The zero-order valence-corrected chi connectivity index (χ0v) is 11.7. The van der Waals surface area contributed by atoms with E-state index in [-0.39, 0.29) is 0 Å². The minimum Gasteiger partial charge on any atom is -0.157 e. The number of hydrogen-bond acceptors (Lipinski definition) is 1. The van der Waals surface area contributed by atoms with Crippen LogP contribution in [0.4, 0.5) is 0 Å². The van der Waals surface area contributed by atoms with Gasteiger partial charge in [0.25, 0.3) is 0 Å². The maximum Gasteiger partial charge on any atom is 0.0148 e. The standard InChI is InChI=1S/C15H26S/c1-3-13-8-6-4-5-7-12(2)14-9-10-16-11-15(13)14/h12-13H,3-11H2,1-2H3. The lowest BCUT2D eigenvalue weighted by Gasteiger charge is -2.29. The first kappa shape index (κ1) is 12.5. The zero-order valence-electron chi connectivity index (χ0n) is 10.9. The van der Waals surface area contributed by atoms with Crippen LogP contribution in [-0.4, -0.2) is 11.5 Å². The lowest BCUT2D eigenvalue weighted by Crippen LogP contribution is -2.16. The van der Waals surface area contributed by atoms with Gasteiger partial charge in [0.05, 0.1) is 0 Å². The molecule has 0 radical (unpaired) electrons. The molecule has 1 aliphatic heterocycles. The molecule has 2 rings (SSSR count). The lowest BCUT2D eigenvalue weighted by atomic mass is 9.84. The van der Waals surface area contributed by atoms with Gasteiger partial charge in [-0.15, -0.1) is 0 Å². The number of allylic oxidation sites excluding steroid dienone is 1. The van der Waals surface area contributed by atoms with Crippen LogP contribution in [0.1, 0.15) is 58.8 Å². The quantitative estimate of drug-likeness (QED) is 0.576. The number of hydrogen-bond donors (Lipinski definition) is 0. The van der Waals surface area contributed by atoms with E-state index in [0.717, 1.165) is 11.8 Å². The summed E-state index contributed by atoms with van der Waals surface area (Å²) in [5, 5.41) is 0. The van der Waals surface area contributed by atoms with E-state index >= 15 is 0 Å². The molecule has 0 aromatic rings. The van der Waals surface area contributed by atoms with Crippen molar-refractivity contribution in [3.05, 3.63) is 11.1 Å². The second-order valence-corrected chi connectivity index (χ2v) is 6.60. The largest absolute Gasteiger partial charge is 0.157 e. The molecule has 0 nitrogen and oxygen atoms in total. The molecule has 1 aliphatic carbocycles. The summed E-state index contributed by atoms with van der Waals surface area (Å²) in [5.41, 5.74) is 3.74. The van der Waals surface area contributed by atoms with Gasteiger partial charge in [0.15, 0.2) is 0 Å². The average Bonchev–Trinajstić information content (AvgIpc) is 2.40. The van der Waals surface area contributed by atoms with Crippen LogP contribution < -0.4 is 0 Å². The Labute approximate surface area is 105 Å². The molecule has 0 saturated heterocycles. The third-order valence-corrected chi connectivity index (χ3v) is 5.46. The first-order valence-corrected chi connectivity index (χ1v) is 8.28. The highest BCUT2D eigenvalue weighted by Gasteiger charge is 2.24. The van der Waals surface area contributed by atoms with Gasteiger partial charge in [-0.05, 0) is 43.3 Å². The smallest absolute Gasteiger partial charge is 0.0148 e. The van der Waals surface area contributed by atoms with Gasteiger partial charge in [0, 0.05) is 5.75 Å². The summed E-state index contributed by atoms with van der Waals surface area (Å²) >= 11 is 2.17. The van der Waals surface area contributed by atoms with Crippen molar-refractivity contribution >= 4 is 11.8 Å². The van der Waals surface area contributed by atoms with E-state index in [1.54, 1.807) is 0 Å². The van der Waals surface area contributed by atoms with Crippen molar-refractivity contribution in [3.63, 3.8) is 0 Å². The Bertz CT molecular complexity index is 254. The molecule has 0 amide bonds. The maximum atomic E-state index is 2.48. The third-order valence-electron chi connectivity index (χ3n) is 4.46. The van der Waals surface area contributed by atoms with Gasteiger partial charge in [-0.2, -0.15) is 11.8 Å². The summed E-state index contributed by atoms with van der Waals surface area (Å²) in [6, 6.07) is 0. The molecule has 0 aromatic heterocycles. The normalized spacial score (nSPS) is 32.6.